The van der Waals surface area contributed by atoms with Gasteiger partial charge in [0.15, 0.2) is 0 Å². The lowest BCUT2D eigenvalue weighted by Crippen LogP contribution is -2.44. The molecule has 1 amide bonds. The molecule has 3 rings (SSSR count). The van der Waals surface area contributed by atoms with Gasteiger partial charge in [0.25, 0.3) is 5.91 Å². The first kappa shape index (κ1) is 23.2. The quantitative estimate of drug-likeness (QED) is 0.836. The Labute approximate surface area is 169 Å². The average Bonchev–Trinajstić information content (AvgIpc) is 2.64. The predicted molar refractivity (Wildman–Crippen MR) is 112 cm³/mol. The Morgan fingerprint density at radius 1 is 1.00 bits per heavy atom. The normalized spacial score (nSPS) is 19.5. The number of halogens is 2. The summed E-state index contributed by atoms with van der Waals surface area (Å²) in [5.74, 6) is 0.177. The molecule has 148 valence electrons. The smallest absolute Gasteiger partial charge is 0.253 e. The van der Waals surface area contributed by atoms with Crippen molar-refractivity contribution < 1.29 is 4.79 Å². The Kier molecular flexibility index (Phi) is 9.90. The van der Waals surface area contributed by atoms with Crippen LogP contribution in [0, 0.1) is 0 Å². The largest absolute Gasteiger partial charge is 0.339 e. The molecule has 1 aromatic rings. The fraction of sp³-hybridized carbons (Fsp3) is 0.632. The Bertz CT molecular complexity index is 539. The molecule has 0 spiro atoms. The Hall–Kier alpha value is -0.850. The van der Waals surface area contributed by atoms with E-state index >= 15 is 0 Å². The highest BCUT2D eigenvalue weighted by Crippen LogP contribution is 2.15. The van der Waals surface area contributed by atoms with Gasteiger partial charge in [-0.05, 0) is 44.6 Å². The van der Waals surface area contributed by atoms with E-state index in [1.54, 1.807) is 0 Å². The molecule has 2 saturated heterocycles. The number of hydrogen-bond donors (Lipinski definition) is 1. The van der Waals surface area contributed by atoms with Crippen LogP contribution in [0.5, 0.6) is 0 Å². The number of rotatable bonds is 4. The second kappa shape index (κ2) is 11.1. The molecule has 7 heteroatoms. The summed E-state index contributed by atoms with van der Waals surface area (Å²) in [5.41, 5.74) is 2.12. The van der Waals surface area contributed by atoms with E-state index in [1.165, 1.54) is 5.56 Å². The van der Waals surface area contributed by atoms with Crippen molar-refractivity contribution in [2.75, 3.05) is 53.4 Å². The highest BCUT2D eigenvalue weighted by molar-refractivity contribution is 5.94. The van der Waals surface area contributed by atoms with Crippen LogP contribution in [0.15, 0.2) is 24.3 Å². The summed E-state index contributed by atoms with van der Waals surface area (Å²) in [6, 6.07) is 8.79. The molecular weight excluding hydrogens is 371 g/mol. The number of hydrogen-bond acceptors (Lipinski definition) is 4. The number of piperazine rings is 1. The molecule has 0 saturated carbocycles. The van der Waals surface area contributed by atoms with Crippen molar-refractivity contribution in [2.24, 2.45) is 0 Å². The molecule has 0 aromatic heterocycles. The maximum absolute atomic E-state index is 12.6. The number of benzene rings is 1. The van der Waals surface area contributed by atoms with Gasteiger partial charge in [-0.15, -0.1) is 24.8 Å². The van der Waals surface area contributed by atoms with Crippen LogP contribution in [-0.4, -0.2) is 80.0 Å². The van der Waals surface area contributed by atoms with E-state index in [0.29, 0.717) is 6.04 Å². The van der Waals surface area contributed by atoms with Crippen LogP contribution in [0.4, 0.5) is 0 Å². The van der Waals surface area contributed by atoms with Crippen LogP contribution >= 0.6 is 24.8 Å². The molecule has 0 radical (unpaired) electrons. The third kappa shape index (κ3) is 6.10. The number of likely N-dealkylation sites (tertiary alicyclic amines) is 1. The fourth-order valence-corrected chi connectivity index (χ4v) is 3.57. The minimum Gasteiger partial charge on any atom is -0.339 e. The first-order chi connectivity index (χ1) is 11.7. The fourth-order valence-electron chi connectivity index (χ4n) is 3.57. The van der Waals surface area contributed by atoms with Crippen LogP contribution < -0.4 is 5.32 Å². The average molecular weight is 403 g/mol. The number of carbonyl (C=O) groups excluding carboxylic acids is 1. The Morgan fingerprint density at radius 3 is 2.12 bits per heavy atom. The van der Waals surface area contributed by atoms with Crippen molar-refractivity contribution in [1.29, 1.82) is 0 Å². The monoisotopic (exact) mass is 402 g/mol. The second-order valence-electron chi connectivity index (χ2n) is 7.13. The lowest BCUT2D eigenvalue weighted by molar-refractivity contribution is 0.0707. The van der Waals surface area contributed by atoms with Crippen molar-refractivity contribution in [3.8, 4) is 0 Å². The molecule has 2 fully saturated rings. The minimum absolute atomic E-state index is 0. The third-order valence-electron chi connectivity index (χ3n) is 5.39. The Balaban J connectivity index is 0.00000169. The van der Waals surface area contributed by atoms with Crippen LogP contribution in [0.3, 0.4) is 0 Å². The van der Waals surface area contributed by atoms with Crippen molar-refractivity contribution in [1.82, 2.24) is 20.0 Å². The predicted octanol–water partition coefficient (Wildman–Crippen LogP) is 2.10. The first-order valence-corrected chi connectivity index (χ1v) is 9.12. The summed E-state index contributed by atoms with van der Waals surface area (Å²) in [6.45, 7) is 7.21. The highest BCUT2D eigenvalue weighted by Gasteiger charge is 2.22. The van der Waals surface area contributed by atoms with Crippen LogP contribution in [0.25, 0.3) is 0 Å². The third-order valence-corrected chi connectivity index (χ3v) is 5.39. The van der Waals surface area contributed by atoms with Gasteiger partial charge in [0.1, 0.15) is 0 Å². The molecule has 2 aliphatic rings. The second-order valence-corrected chi connectivity index (χ2v) is 7.13. The first-order valence-electron chi connectivity index (χ1n) is 9.12. The van der Waals surface area contributed by atoms with E-state index < -0.39 is 0 Å². The minimum atomic E-state index is 0. The summed E-state index contributed by atoms with van der Waals surface area (Å²) in [7, 11) is 4.18. The molecular formula is C19H32Cl2N4O. The van der Waals surface area contributed by atoms with Gasteiger partial charge in [0.2, 0.25) is 0 Å². The number of piperidine rings is 1. The number of likely N-dealkylation sites (N-methyl/N-ethyl adjacent to an activating group) is 1. The molecule has 0 bridgehead atoms. The van der Waals surface area contributed by atoms with Crippen LogP contribution in [-0.2, 0) is 6.54 Å². The molecule has 0 aliphatic carbocycles. The van der Waals surface area contributed by atoms with Crippen molar-refractivity contribution in [2.45, 2.75) is 25.4 Å². The molecule has 0 unspecified atom stereocenters. The van der Waals surface area contributed by atoms with Gasteiger partial charge < -0.3 is 15.1 Å². The molecule has 1 aromatic carbocycles. The van der Waals surface area contributed by atoms with Gasteiger partial charge >= 0.3 is 0 Å². The van der Waals surface area contributed by atoms with Crippen LogP contribution in [0.1, 0.15) is 28.8 Å². The molecule has 26 heavy (non-hydrogen) atoms. The van der Waals surface area contributed by atoms with E-state index in [0.717, 1.165) is 64.2 Å². The molecule has 0 atom stereocenters. The van der Waals surface area contributed by atoms with Gasteiger partial charge in [0, 0.05) is 57.4 Å². The van der Waals surface area contributed by atoms with Crippen molar-refractivity contribution >= 4 is 30.7 Å². The lowest BCUT2D eigenvalue weighted by Gasteiger charge is -2.32. The lowest BCUT2D eigenvalue weighted by atomic mass is 10.0. The zero-order chi connectivity index (χ0) is 16.9. The van der Waals surface area contributed by atoms with E-state index in [9.17, 15) is 4.79 Å². The summed E-state index contributed by atoms with van der Waals surface area (Å²) < 4.78 is 0. The molecule has 5 nitrogen and oxygen atoms in total. The molecule has 2 heterocycles. The van der Waals surface area contributed by atoms with E-state index in [4.69, 9.17) is 0 Å². The number of amides is 1. The van der Waals surface area contributed by atoms with Gasteiger partial charge in [-0.3, -0.25) is 9.69 Å². The van der Waals surface area contributed by atoms with Gasteiger partial charge in [0.05, 0.1) is 0 Å². The summed E-state index contributed by atoms with van der Waals surface area (Å²) in [4.78, 5) is 19.5. The zero-order valence-corrected chi connectivity index (χ0v) is 17.5. The van der Waals surface area contributed by atoms with Gasteiger partial charge in [-0.2, -0.15) is 0 Å². The maximum Gasteiger partial charge on any atom is 0.253 e. The van der Waals surface area contributed by atoms with Gasteiger partial charge in [-0.25, -0.2) is 0 Å². The van der Waals surface area contributed by atoms with Gasteiger partial charge in [-0.1, -0.05) is 12.1 Å². The summed E-state index contributed by atoms with van der Waals surface area (Å²) in [6.07, 6.45) is 2.09. The zero-order valence-electron chi connectivity index (χ0n) is 15.8. The topological polar surface area (TPSA) is 38.8 Å². The molecule has 1 N–H and O–H groups in total. The van der Waals surface area contributed by atoms with Crippen molar-refractivity contribution in [3.63, 3.8) is 0 Å². The standard InChI is InChI=1S/C19H30N4O.2ClH/c1-20-18-7-9-23(10-8-18)19(24)17-5-3-16(4-6-17)15-22-13-11-21(2)12-14-22;;/h3-6,18,20H,7-15H2,1-2H3;2*1H. The van der Waals surface area contributed by atoms with E-state index in [2.05, 4.69) is 34.3 Å². The number of nitrogens with one attached hydrogen (secondary N) is 1. The highest BCUT2D eigenvalue weighted by atomic mass is 35.5. The van der Waals surface area contributed by atoms with Crippen LogP contribution in [0.2, 0.25) is 0 Å². The number of carbonyl (C=O) groups is 1. The summed E-state index contributed by atoms with van der Waals surface area (Å²) in [5, 5.41) is 3.31. The Morgan fingerprint density at radius 2 is 1.58 bits per heavy atom. The van der Waals surface area contributed by atoms with E-state index in [-0.39, 0.29) is 30.7 Å². The maximum atomic E-state index is 12.6. The number of nitrogens with zero attached hydrogens (tertiary/aromatic N) is 3. The van der Waals surface area contributed by atoms with Crippen molar-refractivity contribution in [3.05, 3.63) is 35.4 Å². The SMILES string of the molecule is CNC1CCN(C(=O)c2ccc(CN3CCN(C)CC3)cc2)CC1.Cl.Cl. The summed E-state index contributed by atoms with van der Waals surface area (Å²) >= 11 is 0. The van der Waals surface area contributed by atoms with E-state index in [1.807, 2.05) is 24.1 Å². The molecule has 2 aliphatic heterocycles.